The molecule has 0 aliphatic rings. The number of nitrogens with two attached hydrogens (primary N) is 1. The van der Waals surface area contributed by atoms with Crippen LogP contribution in [0.2, 0.25) is 0 Å². The molecule has 0 saturated heterocycles. The molecule has 1 rings (SSSR count). The fourth-order valence-electron chi connectivity index (χ4n) is 1.34. The summed E-state index contributed by atoms with van der Waals surface area (Å²) in [5.41, 5.74) is 5.95. The Morgan fingerprint density at radius 1 is 1.54 bits per heavy atom. The zero-order chi connectivity index (χ0) is 9.68. The maximum absolute atomic E-state index is 5.95. The molecule has 0 bridgehead atoms. The molecule has 1 aromatic rings. The summed E-state index contributed by atoms with van der Waals surface area (Å²) in [6.45, 7) is 0.978. The molecule has 3 heteroatoms. The zero-order valence-electron chi connectivity index (χ0n) is 8.36. The Hall–Kier alpha value is -0.380. The third kappa shape index (κ3) is 4.41. The number of thiophene rings is 1. The molecule has 0 saturated carbocycles. The lowest BCUT2D eigenvalue weighted by atomic mass is 10.1. The van der Waals surface area contributed by atoms with Gasteiger partial charge in [-0.05, 0) is 38.4 Å². The smallest absolute Gasteiger partial charge is 0.0171 e. The molecular weight excluding hydrogens is 180 g/mol. The number of hydrogen-bond acceptors (Lipinski definition) is 3. The first-order valence-corrected chi connectivity index (χ1v) is 5.49. The van der Waals surface area contributed by atoms with E-state index in [1.807, 2.05) is 11.3 Å². The second-order valence-corrected chi connectivity index (χ2v) is 4.67. The van der Waals surface area contributed by atoms with Crippen LogP contribution >= 0.6 is 11.3 Å². The molecule has 2 N–H and O–H groups in total. The SMILES string of the molecule is CN(C)CC(N)CCc1cccs1. The van der Waals surface area contributed by atoms with Crippen LogP contribution in [0.4, 0.5) is 0 Å². The maximum atomic E-state index is 5.95. The molecule has 0 aliphatic carbocycles. The molecule has 0 aliphatic heterocycles. The van der Waals surface area contributed by atoms with E-state index in [1.165, 1.54) is 4.88 Å². The van der Waals surface area contributed by atoms with Crippen LogP contribution in [0.25, 0.3) is 0 Å². The van der Waals surface area contributed by atoms with Gasteiger partial charge in [-0.3, -0.25) is 0 Å². The monoisotopic (exact) mass is 198 g/mol. The molecule has 0 fully saturated rings. The predicted octanol–water partition coefficient (Wildman–Crippen LogP) is 1.57. The molecule has 2 nitrogen and oxygen atoms in total. The van der Waals surface area contributed by atoms with E-state index in [-0.39, 0.29) is 0 Å². The molecule has 13 heavy (non-hydrogen) atoms. The molecule has 0 radical (unpaired) electrons. The fourth-order valence-corrected chi connectivity index (χ4v) is 2.07. The van der Waals surface area contributed by atoms with E-state index < -0.39 is 0 Å². The first-order valence-electron chi connectivity index (χ1n) is 4.61. The molecule has 74 valence electrons. The van der Waals surface area contributed by atoms with Crippen LogP contribution in [-0.2, 0) is 6.42 Å². The summed E-state index contributed by atoms with van der Waals surface area (Å²) in [5, 5.41) is 2.12. The molecule has 1 heterocycles. The topological polar surface area (TPSA) is 29.3 Å². The van der Waals surface area contributed by atoms with Gasteiger partial charge in [0.25, 0.3) is 0 Å². The van der Waals surface area contributed by atoms with Gasteiger partial charge in [-0.2, -0.15) is 0 Å². The number of likely N-dealkylation sites (N-methyl/N-ethyl adjacent to an activating group) is 1. The third-order valence-electron chi connectivity index (χ3n) is 1.94. The van der Waals surface area contributed by atoms with Crippen LogP contribution in [0, 0.1) is 0 Å². The molecular formula is C10H18N2S. The first kappa shape index (κ1) is 10.7. The van der Waals surface area contributed by atoms with Gasteiger partial charge in [-0.15, -0.1) is 11.3 Å². The lowest BCUT2D eigenvalue weighted by Gasteiger charge is -2.16. The van der Waals surface area contributed by atoms with Gasteiger partial charge in [-0.25, -0.2) is 0 Å². The summed E-state index contributed by atoms with van der Waals surface area (Å²) in [4.78, 5) is 3.58. The second-order valence-electron chi connectivity index (χ2n) is 3.64. The van der Waals surface area contributed by atoms with E-state index in [0.29, 0.717) is 6.04 Å². The highest BCUT2D eigenvalue weighted by atomic mass is 32.1. The highest BCUT2D eigenvalue weighted by Gasteiger charge is 2.04. The van der Waals surface area contributed by atoms with Crippen molar-refractivity contribution in [2.24, 2.45) is 5.73 Å². The Morgan fingerprint density at radius 2 is 2.31 bits per heavy atom. The summed E-state index contributed by atoms with van der Waals surface area (Å²) >= 11 is 1.81. The second kappa shape index (κ2) is 5.37. The van der Waals surface area contributed by atoms with Crippen molar-refractivity contribution in [2.75, 3.05) is 20.6 Å². The highest BCUT2D eigenvalue weighted by molar-refractivity contribution is 7.09. The molecule has 0 aromatic carbocycles. The van der Waals surface area contributed by atoms with Gasteiger partial charge >= 0.3 is 0 Å². The van der Waals surface area contributed by atoms with Crippen molar-refractivity contribution in [2.45, 2.75) is 18.9 Å². The zero-order valence-corrected chi connectivity index (χ0v) is 9.18. The number of nitrogens with zero attached hydrogens (tertiary/aromatic N) is 1. The van der Waals surface area contributed by atoms with Crippen molar-refractivity contribution >= 4 is 11.3 Å². The van der Waals surface area contributed by atoms with Crippen molar-refractivity contribution in [3.05, 3.63) is 22.4 Å². The van der Waals surface area contributed by atoms with Gasteiger partial charge in [0.1, 0.15) is 0 Å². The van der Waals surface area contributed by atoms with Gasteiger partial charge in [0.15, 0.2) is 0 Å². The van der Waals surface area contributed by atoms with E-state index in [9.17, 15) is 0 Å². The Balaban J connectivity index is 2.19. The summed E-state index contributed by atoms with van der Waals surface area (Å²) in [6.07, 6.45) is 2.20. The first-order chi connectivity index (χ1) is 6.18. The summed E-state index contributed by atoms with van der Waals surface area (Å²) in [6, 6.07) is 4.57. The summed E-state index contributed by atoms with van der Waals surface area (Å²) in [7, 11) is 4.12. The van der Waals surface area contributed by atoms with Crippen molar-refractivity contribution in [3.8, 4) is 0 Å². The predicted molar refractivity (Wildman–Crippen MR) is 59.2 cm³/mol. The standard InChI is InChI=1S/C10H18N2S/c1-12(2)8-9(11)5-6-10-4-3-7-13-10/h3-4,7,9H,5-6,8,11H2,1-2H3. The normalized spacial score (nSPS) is 13.5. The van der Waals surface area contributed by atoms with Gasteiger partial charge in [0, 0.05) is 17.5 Å². The largest absolute Gasteiger partial charge is 0.327 e. The number of aryl methyl sites for hydroxylation is 1. The number of rotatable bonds is 5. The maximum Gasteiger partial charge on any atom is 0.0171 e. The number of hydrogen-bond donors (Lipinski definition) is 1. The molecule has 0 spiro atoms. The van der Waals surface area contributed by atoms with Gasteiger partial charge in [0.05, 0.1) is 0 Å². The van der Waals surface area contributed by atoms with E-state index in [0.717, 1.165) is 19.4 Å². The summed E-state index contributed by atoms with van der Waals surface area (Å²) in [5.74, 6) is 0. The third-order valence-corrected chi connectivity index (χ3v) is 2.88. The summed E-state index contributed by atoms with van der Waals surface area (Å²) < 4.78 is 0. The minimum atomic E-state index is 0.303. The van der Waals surface area contributed by atoms with Gasteiger partial charge < -0.3 is 10.6 Å². The van der Waals surface area contributed by atoms with Crippen LogP contribution in [0.3, 0.4) is 0 Å². The molecule has 1 aromatic heterocycles. The van der Waals surface area contributed by atoms with E-state index in [1.54, 1.807) is 0 Å². The van der Waals surface area contributed by atoms with E-state index in [2.05, 4.69) is 36.5 Å². The van der Waals surface area contributed by atoms with Crippen LogP contribution in [0.1, 0.15) is 11.3 Å². The minimum absolute atomic E-state index is 0.303. The van der Waals surface area contributed by atoms with E-state index >= 15 is 0 Å². The lowest BCUT2D eigenvalue weighted by Crippen LogP contribution is -2.33. The van der Waals surface area contributed by atoms with Crippen LogP contribution in [0.15, 0.2) is 17.5 Å². The van der Waals surface area contributed by atoms with Crippen molar-refractivity contribution in [1.29, 1.82) is 0 Å². The van der Waals surface area contributed by atoms with Crippen molar-refractivity contribution in [3.63, 3.8) is 0 Å². The van der Waals surface area contributed by atoms with Gasteiger partial charge in [-0.1, -0.05) is 6.07 Å². The van der Waals surface area contributed by atoms with Crippen LogP contribution in [-0.4, -0.2) is 31.6 Å². The van der Waals surface area contributed by atoms with Crippen LogP contribution in [0.5, 0.6) is 0 Å². The average molecular weight is 198 g/mol. The minimum Gasteiger partial charge on any atom is -0.327 e. The van der Waals surface area contributed by atoms with Gasteiger partial charge in [0.2, 0.25) is 0 Å². The molecule has 1 atom stereocenters. The van der Waals surface area contributed by atoms with Crippen LogP contribution < -0.4 is 5.73 Å². The fraction of sp³-hybridized carbons (Fsp3) is 0.600. The molecule has 1 unspecified atom stereocenters. The quantitative estimate of drug-likeness (QED) is 0.778. The molecule has 0 amide bonds. The average Bonchev–Trinajstić information content (AvgIpc) is 2.51. The Morgan fingerprint density at radius 3 is 2.85 bits per heavy atom. The Labute approximate surface area is 84.4 Å². The Kier molecular flexibility index (Phi) is 4.42. The van der Waals surface area contributed by atoms with E-state index in [4.69, 9.17) is 5.73 Å². The highest BCUT2D eigenvalue weighted by Crippen LogP contribution is 2.11. The Bertz CT molecular complexity index is 219. The van der Waals surface area contributed by atoms with Crippen molar-refractivity contribution < 1.29 is 0 Å². The lowest BCUT2D eigenvalue weighted by molar-refractivity contribution is 0.363. The van der Waals surface area contributed by atoms with Crippen molar-refractivity contribution in [1.82, 2.24) is 4.90 Å².